The highest BCUT2D eigenvalue weighted by Crippen LogP contribution is 2.12. The number of hydrogen-bond acceptors (Lipinski definition) is 4. The number of rotatable bonds is 8. The third-order valence-electron chi connectivity index (χ3n) is 3.48. The number of unbranched alkanes of at least 4 members (excludes halogenated alkanes) is 1. The van der Waals surface area contributed by atoms with Gasteiger partial charge in [-0.3, -0.25) is 0 Å². The van der Waals surface area contributed by atoms with Crippen LogP contribution >= 0.6 is 0 Å². The van der Waals surface area contributed by atoms with Gasteiger partial charge in [0.25, 0.3) is 0 Å². The largest absolute Gasteiger partial charge is 0.508 e. The van der Waals surface area contributed by atoms with E-state index in [2.05, 4.69) is 4.98 Å². The number of nitrogens with zero attached hydrogens (tertiary/aromatic N) is 2. The van der Waals surface area contributed by atoms with Crippen LogP contribution in [0.5, 0.6) is 5.75 Å². The van der Waals surface area contributed by atoms with E-state index in [9.17, 15) is 10.2 Å². The fourth-order valence-electron chi connectivity index (χ4n) is 2.28. The second kappa shape index (κ2) is 7.81. The predicted molar refractivity (Wildman–Crippen MR) is 80.1 cm³/mol. The number of benzene rings is 1. The zero-order valence-corrected chi connectivity index (χ0v) is 12.0. The number of hydrogen-bond donors (Lipinski definition) is 3. The lowest BCUT2D eigenvalue weighted by Gasteiger charge is -2.10. The summed E-state index contributed by atoms with van der Waals surface area (Å²) < 4.78 is 2.02. The Morgan fingerprint density at radius 3 is 2.62 bits per heavy atom. The number of aromatic nitrogens is 2. The van der Waals surface area contributed by atoms with Crippen LogP contribution in [0.4, 0.5) is 0 Å². The second-order valence-electron chi connectivity index (χ2n) is 5.20. The molecule has 0 bridgehead atoms. The fraction of sp³-hybridized carbons (Fsp3) is 0.438. The molecule has 3 N–H and O–H groups in total. The Bertz CT molecular complexity index is 537. The van der Waals surface area contributed by atoms with Gasteiger partial charge in [-0.1, -0.05) is 12.1 Å². The topological polar surface area (TPSA) is 78.5 Å². The minimum Gasteiger partial charge on any atom is -0.508 e. The Balaban J connectivity index is 1.76. The van der Waals surface area contributed by atoms with Crippen LogP contribution in [0.3, 0.4) is 0 Å². The molecule has 0 saturated carbocycles. The molecular formula is C16H22N2O3. The van der Waals surface area contributed by atoms with Crippen molar-refractivity contribution < 1.29 is 15.3 Å². The number of phenols is 1. The third-order valence-corrected chi connectivity index (χ3v) is 3.48. The summed E-state index contributed by atoms with van der Waals surface area (Å²) in [6, 6.07) is 7.30. The molecule has 1 heterocycles. The van der Waals surface area contributed by atoms with Crippen molar-refractivity contribution >= 4 is 0 Å². The van der Waals surface area contributed by atoms with Gasteiger partial charge in [-0.15, -0.1) is 0 Å². The van der Waals surface area contributed by atoms with Crippen molar-refractivity contribution in [2.45, 2.75) is 38.3 Å². The molecule has 1 aromatic heterocycles. The van der Waals surface area contributed by atoms with Crippen molar-refractivity contribution in [2.24, 2.45) is 0 Å². The molecule has 114 valence electrons. The number of aliphatic hydroxyl groups excluding tert-OH is 2. The highest BCUT2D eigenvalue weighted by atomic mass is 16.3. The van der Waals surface area contributed by atoms with Gasteiger partial charge in [0.15, 0.2) is 0 Å². The highest BCUT2D eigenvalue weighted by molar-refractivity contribution is 5.25. The number of imidazole rings is 1. The molecule has 21 heavy (non-hydrogen) atoms. The van der Waals surface area contributed by atoms with E-state index in [1.54, 1.807) is 18.3 Å². The molecule has 1 aromatic carbocycles. The first-order chi connectivity index (χ1) is 10.2. The molecular weight excluding hydrogens is 268 g/mol. The molecule has 0 aliphatic heterocycles. The van der Waals surface area contributed by atoms with Gasteiger partial charge in [0.05, 0.1) is 12.7 Å². The molecule has 2 aromatic rings. The summed E-state index contributed by atoms with van der Waals surface area (Å²) in [6.45, 7) is 0.610. The Morgan fingerprint density at radius 2 is 1.90 bits per heavy atom. The first kappa shape index (κ1) is 15.5. The predicted octanol–water partition coefficient (Wildman–Crippen LogP) is 1.51. The first-order valence-corrected chi connectivity index (χ1v) is 7.26. The van der Waals surface area contributed by atoms with Gasteiger partial charge in [0.2, 0.25) is 0 Å². The van der Waals surface area contributed by atoms with Gasteiger partial charge in [-0.05, 0) is 37.0 Å². The fourth-order valence-corrected chi connectivity index (χ4v) is 2.28. The summed E-state index contributed by atoms with van der Waals surface area (Å²) in [5.41, 5.74) is 1.22. The third kappa shape index (κ3) is 4.88. The van der Waals surface area contributed by atoms with E-state index >= 15 is 0 Å². The SMILES string of the molecule is OCC(O)Cc1nccn1CCCCc1ccc(O)cc1. The van der Waals surface area contributed by atoms with E-state index in [0.717, 1.165) is 31.6 Å². The Kier molecular flexibility index (Phi) is 5.78. The quantitative estimate of drug-likeness (QED) is 0.644. The van der Waals surface area contributed by atoms with Crippen molar-refractivity contribution in [1.82, 2.24) is 9.55 Å². The minimum absolute atomic E-state index is 0.242. The van der Waals surface area contributed by atoms with E-state index in [-0.39, 0.29) is 6.61 Å². The maximum atomic E-state index is 9.47. The van der Waals surface area contributed by atoms with Crippen LogP contribution in [0.2, 0.25) is 0 Å². The molecule has 0 aliphatic rings. The van der Waals surface area contributed by atoms with Crippen molar-refractivity contribution in [3.8, 4) is 5.75 Å². The van der Waals surface area contributed by atoms with E-state index in [4.69, 9.17) is 5.11 Å². The summed E-state index contributed by atoms with van der Waals surface area (Å²) in [5.74, 6) is 1.10. The average molecular weight is 290 g/mol. The van der Waals surface area contributed by atoms with Gasteiger partial charge in [-0.2, -0.15) is 0 Å². The standard InChI is InChI=1S/C16H22N2O3/c19-12-15(21)11-16-17-8-10-18(16)9-2-1-3-13-4-6-14(20)7-5-13/h4-8,10,15,19-21H,1-3,9,11-12H2. The maximum absolute atomic E-state index is 9.47. The van der Waals surface area contributed by atoms with Crippen molar-refractivity contribution in [1.29, 1.82) is 0 Å². The monoisotopic (exact) mass is 290 g/mol. The van der Waals surface area contributed by atoms with Crippen LogP contribution in [-0.4, -0.2) is 37.6 Å². The molecule has 0 radical (unpaired) electrons. The molecule has 0 fully saturated rings. The second-order valence-corrected chi connectivity index (χ2v) is 5.20. The Hall–Kier alpha value is -1.85. The highest BCUT2D eigenvalue weighted by Gasteiger charge is 2.09. The van der Waals surface area contributed by atoms with Crippen LogP contribution in [0.25, 0.3) is 0 Å². The molecule has 1 atom stereocenters. The van der Waals surface area contributed by atoms with Gasteiger partial charge in [-0.25, -0.2) is 4.98 Å². The summed E-state index contributed by atoms with van der Waals surface area (Å²) in [6.07, 6.45) is 6.29. The number of aromatic hydroxyl groups is 1. The molecule has 0 spiro atoms. The smallest absolute Gasteiger partial charge is 0.115 e. The Labute approximate surface area is 124 Å². The number of aliphatic hydroxyl groups is 2. The Morgan fingerprint density at radius 1 is 1.14 bits per heavy atom. The molecule has 0 amide bonds. The lowest BCUT2D eigenvalue weighted by molar-refractivity contribution is 0.0931. The van der Waals surface area contributed by atoms with E-state index in [0.29, 0.717) is 12.2 Å². The van der Waals surface area contributed by atoms with Gasteiger partial charge in [0.1, 0.15) is 11.6 Å². The van der Waals surface area contributed by atoms with Gasteiger partial charge in [0, 0.05) is 25.4 Å². The first-order valence-electron chi connectivity index (χ1n) is 7.26. The summed E-state index contributed by atoms with van der Waals surface area (Å²) in [4.78, 5) is 4.21. The van der Waals surface area contributed by atoms with Gasteiger partial charge < -0.3 is 19.9 Å². The zero-order valence-electron chi connectivity index (χ0n) is 12.0. The van der Waals surface area contributed by atoms with Crippen LogP contribution in [-0.2, 0) is 19.4 Å². The molecule has 1 unspecified atom stereocenters. The average Bonchev–Trinajstić information content (AvgIpc) is 2.92. The maximum Gasteiger partial charge on any atom is 0.115 e. The summed E-state index contributed by atoms with van der Waals surface area (Å²) in [7, 11) is 0. The normalized spacial score (nSPS) is 12.5. The molecule has 0 saturated heterocycles. The molecule has 5 heteroatoms. The lowest BCUT2D eigenvalue weighted by Crippen LogP contribution is -2.18. The molecule has 2 rings (SSSR count). The van der Waals surface area contributed by atoms with Crippen molar-refractivity contribution in [3.05, 3.63) is 48.0 Å². The molecule has 0 aliphatic carbocycles. The van der Waals surface area contributed by atoms with E-state index < -0.39 is 6.10 Å². The van der Waals surface area contributed by atoms with Crippen LogP contribution in [0, 0.1) is 0 Å². The molecule has 5 nitrogen and oxygen atoms in total. The summed E-state index contributed by atoms with van der Waals surface area (Å²) >= 11 is 0. The number of phenolic OH excluding ortho intramolecular Hbond substituents is 1. The summed E-state index contributed by atoms with van der Waals surface area (Å²) in [5, 5.41) is 27.6. The van der Waals surface area contributed by atoms with Crippen LogP contribution < -0.4 is 0 Å². The lowest BCUT2D eigenvalue weighted by atomic mass is 10.1. The van der Waals surface area contributed by atoms with E-state index in [1.807, 2.05) is 22.9 Å². The van der Waals surface area contributed by atoms with Crippen LogP contribution in [0.1, 0.15) is 24.2 Å². The van der Waals surface area contributed by atoms with Crippen molar-refractivity contribution in [2.75, 3.05) is 6.61 Å². The minimum atomic E-state index is -0.747. The van der Waals surface area contributed by atoms with Crippen LogP contribution in [0.15, 0.2) is 36.7 Å². The van der Waals surface area contributed by atoms with Crippen molar-refractivity contribution in [3.63, 3.8) is 0 Å². The zero-order chi connectivity index (χ0) is 15.1. The van der Waals surface area contributed by atoms with Gasteiger partial charge >= 0.3 is 0 Å². The number of aryl methyl sites for hydroxylation is 2. The van der Waals surface area contributed by atoms with E-state index in [1.165, 1.54) is 5.56 Å².